The SMILES string of the molecule is Cc1ccc(C)c(OCCN2C(=O)S/C(=C\c3cn(Cc4ccccc4)c4ccccc34)C2=O)c1. The summed E-state index contributed by atoms with van der Waals surface area (Å²) in [5, 5.41) is 0.785. The Morgan fingerprint density at radius 2 is 1.71 bits per heavy atom. The van der Waals surface area contributed by atoms with Crippen LogP contribution in [0.25, 0.3) is 17.0 Å². The van der Waals surface area contributed by atoms with Gasteiger partial charge in [-0.2, -0.15) is 0 Å². The summed E-state index contributed by atoms with van der Waals surface area (Å²) in [7, 11) is 0. The van der Waals surface area contributed by atoms with Gasteiger partial charge in [0.1, 0.15) is 12.4 Å². The molecule has 0 radical (unpaired) electrons. The van der Waals surface area contributed by atoms with Gasteiger partial charge in [-0.05, 0) is 60.5 Å². The third-order valence-electron chi connectivity index (χ3n) is 6.09. The molecule has 6 heteroatoms. The van der Waals surface area contributed by atoms with Crippen molar-refractivity contribution in [2.45, 2.75) is 20.4 Å². The summed E-state index contributed by atoms with van der Waals surface area (Å²) < 4.78 is 8.05. The number of thioether (sulfide) groups is 1. The molecule has 3 aromatic carbocycles. The fourth-order valence-corrected chi connectivity index (χ4v) is 5.10. The zero-order valence-electron chi connectivity index (χ0n) is 19.7. The Kier molecular flexibility index (Phi) is 6.47. The minimum Gasteiger partial charge on any atom is -0.491 e. The van der Waals surface area contributed by atoms with Crippen molar-refractivity contribution in [1.82, 2.24) is 9.47 Å². The number of hydrogen-bond donors (Lipinski definition) is 0. The van der Waals surface area contributed by atoms with E-state index in [1.165, 1.54) is 10.5 Å². The normalized spacial score (nSPS) is 14.9. The van der Waals surface area contributed by atoms with E-state index in [9.17, 15) is 9.59 Å². The highest BCUT2D eigenvalue weighted by molar-refractivity contribution is 8.18. The van der Waals surface area contributed by atoms with Crippen LogP contribution in [0, 0.1) is 13.8 Å². The Balaban J connectivity index is 1.34. The van der Waals surface area contributed by atoms with Crippen molar-refractivity contribution in [2.24, 2.45) is 0 Å². The molecule has 2 heterocycles. The van der Waals surface area contributed by atoms with Crippen molar-refractivity contribution in [2.75, 3.05) is 13.2 Å². The van der Waals surface area contributed by atoms with Gasteiger partial charge in [0, 0.05) is 29.2 Å². The monoisotopic (exact) mass is 482 g/mol. The molecule has 1 saturated heterocycles. The fourth-order valence-electron chi connectivity index (χ4n) is 4.24. The summed E-state index contributed by atoms with van der Waals surface area (Å²) in [6.07, 6.45) is 3.88. The van der Waals surface area contributed by atoms with Gasteiger partial charge in [-0.25, -0.2) is 0 Å². The van der Waals surface area contributed by atoms with Crippen LogP contribution in [0.2, 0.25) is 0 Å². The number of benzene rings is 3. The molecule has 4 aromatic rings. The van der Waals surface area contributed by atoms with E-state index in [-0.39, 0.29) is 24.3 Å². The molecule has 1 fully saturated rings. The van der Waals surface area contributed by atoms with E-state index in [1.54, 1.807) is 0 Å². The van der Waals surface area contributed by atoms with Crippen molar-refractivity contribution >= 4 is 39.9 Å². The quantitative estimate of drug-likeness (QED) is 0.285. The molecule has 35 heavy (non-hydrogen) atoms. The van der Waals surface area contributed by atoms with Gasteiger partial charge in [0.15, 0.2) is 0 Å². The van der Waals surface area contributed by atoms with Crippen molar-refractivity contribution < 1.29 is 14.3 Å². The van der Waals surface area contributed by atoms with Gasteiger partial charge in [-0.15, -0.1) is 0 Å². The maximum absolute atomic E-state index is 13.1. The van der Waals surface area contributed by atoms with Gasteiger partial charge in [-0.1, -0.05) is 60.7 Å². The second-order valence-electron chi connectivity index (χ2n) is 8.67. The largest absolute Gasteiger partial charge is 0.491 e. The number of para-hydroxylation sites is 1. The van der Waals surface area contributed by atoms with Crippen LogP contribution in [-0.4, -0.2) is 33.8 Å². The number of amides is 2. The maximum Gasteiger partial charge on any atom is 0.293 e. The third kappa shape index (κ3) is 4.88. The van der Waals surface area contributed by atoms with Gasteiger partial charge in [0.2, 0.25) is 0 Å². The van der Waals surface area contributed by atoms with Crippen LogP contribution < -0.4 is 4.74 Å². The first kappa shape index (κ1) is 23.0. The first-order chi connectivity index (χ1) is 17.0. The first-order valence-electron chi connectivity index (χ1n) is 11.6. The molecule has 0 unspecified atom stereocenters. The van der Waals surface area contributed by atoms with Crippen molar-refractivity contribution in [3.8, 4) is 5.75 Å². The number of hydrogen-bond acceptors (Lipinski definition) is 4. The highest BCUT2D eigenvalue weighted by Gasteiger charge is 2.35. The average molecular weight is 483 g/mol. The van der Waals surface area contributed by atoms with Gasteiger partial charge in [-0.3, -0.25) is 14.5 Å². The summed E-state index contributed by atoms with van der Waals surface area (Å²) in [4.78, 5) is 27.4. The lowest BCUT2D eigenvalue weighted by Gasteiger charge is -2.14. The minimum absolute atomic E-state index is 0.213. The molecular formula is C29H26N2O3S. The van der Waals surface area contributed by atoms with Crippen LogP contribution in [0.1, 0.15) is 22.3 Å². The Morgan fingerprint density at radius 1 is 0.943 bits per heavy atom. The molecule has 5 nitrogen and oxygen atoms in total. The predicted octanol–water partition coefficient (Wildman–Crippen LogP) is 6.42. The van der Waals surface area contributed by atoms with E-state index in [2.05, 4.69) is 29.0 Å². The van der Waals surface area contributed by atoms with Crippen LogP contribution >= 0.6 is 11.8 Å². The number of rotatable bonds is 7. The van der Waals surface area contributed by atoms with E-state index >= 15 is 0 Å². The second-order valence-corrected chi connectivity index (χ2v) is 9.66. The van der Waals surface area contributed by atoms with Crippen molar-refractivity contribution in [3.05, 3.63) is 106 Å². The number of nitrogens with zero attached hydrogens (tertiary/aromatic N) is 2. The number of carbonyl (C=O) groups excluding carboxylic acids is 2. The standard InChI is InChI=1S/C29H26N2O3S/c1-20-12-13-21(2)26(16-20)34-15-14-31-28(32)27(35-29(31)33)17-23-19-30(18-22-8-4-3-5-9-22)25-11-7-6-10-24(23)25/h3-13,16-17,19H,14-15,18H2,1-2H3/b27-17-. The molecule has 176 valence electrons. The van der Waals surface area contributed by atoms with Gasteiger partial charge >= 0.3 is 0 Å². The predicted molar refractivity (Wildman–Crippen MR) is 142 cm³/mol. The summed E-state index contributed by atoms with van der Waals surface area (Å²) in [6.45, 7) is 5.18. The molecule has 1 aliphatic rings. The van der Waals surface area contributed by atoms with Crippen LogP contribution in [0.3, 0.4) is 0 Å². The molecular weight excluding hydrogens is 456 g/mol. The second kappa shape index (κ2) is 9.84. The number of aromatic nitrogens is 1. The van der Waals surface area contributed by atoms with Crippen LogP contribution in [0.15, 0.2) is 83.9 Å². The third-order valence-corrected chi connectivity index (χ3v) is 7.00. The Labute approximate surface area is 209 Å². The fraction of sp³-hybridized carbons (Fsp3) is 0.172. The molecule has 0 bridgehead atoms. The first-order valence-corrected chi connectivity index (χ1v) is 12.4. The number of ether oxygens (including phenoxy) is 1. The molecule has 0 aliphatic carbocycles. The average Bonchev–Trinajstić information content (AvgIpc) is 3.33. The van der Waals surface area contributed by atoms with Gasteiger partial charge in [0.05, 0.1) is 11.4 Å². The van der Waals surface area contributed by atoms with Gasteiger partial charge in [0.25, 0.3) is 11.1 Å². The van der Waals surface area contributed by atoms with Crippen LogP contribution in [-0.2, 0) is 11.3 Å². The van der Waals surface area contributed by atoms with E-state index in [1.807, 2.05) is 74.5 Å². The smallest absolute Gasteiger partial charge is 0.293 e. The van der Waals surface area contributed by atoms with E-state index < -0.39 is 0 Å². The molecule has 0 spiro atoms. The Hall–Kier alpha value is -3.77. The topological polar surface area (TPSA) is 51.5 Å². The molecule has 1 aliphatic heterocycles. The van der Waals surface area contributed by atoms with E-state index in [4.69, 9.17) is 4.74 Å². The van der Waals surface area contributed by atoms with Gasteiger partial charge < -0.3 is 9.30 Å². The molecule has 0 saturated carbocycles. The molecule has 5 rings (SSSR count). The van der Waals surface area contributed by atoms with Crippen molar-refractivity contribution in [1.29, 1.82) is 0 Å². The number of carbonyl (C=O) groups is 2. The molecule has 2 amide bonds. The zero-order valence-corrected chi connectivity index (χ0v) is 20.5. The molecule has 0 atom stereocenters. The lowest BCUT2D eigenvalue weighted by Crippen LogP contribution is -2.32. The number of imide groups is 1. The highest BCUT2D eigenvalue weighted by Crippen LogP contribution is 2.34. The summed E-state index contributed by atoms with van der Waals surface area (Å²) in [5.74, 6) is 0.503. The Morgan fingerprint density at radius 3 is 2.54 bits per heavy atom. The lowest BCUT2D eigenvalue weighted by molar-refractivity contribution is -0.123. The van der Waals surface area contributed by atoms with Crippen LogP contribution in [0.5, 0.6) is 5.75 Å². The summed E-state index contributed by atoms with van der Waals surface area (Å²) in [5.41, 5.74) is 5.34. The lowest BCUT2D eigenvalue weighted by atomic mass is 10.1. The zero-order chi connectivity index (χ0) is 24.4. The number of aryl methyl sites for hydroxylation is 2. The van der Waals surface area contributed by atoms with E-state index in [0.717, 1.165) is 51.6 Å². The molecule has 0 N–H and O–H groups in total. The Bertz CT molecular complexity index is 1440. The highest BCUT2D eigenvalue weighted by atomic mass is 32.2. The van der Waals surface area contributed by atoms with E-state index in [0.29, 0.717) is 4.91 Å². The van der Waals surface area contributed by atoms with Crippen LogP contribution in [0.4, 0.5) is 4.79 Å². The minimum atomic E-state index is -0.274. The maximum atomic E-state index is 13.1. The van der Waals surface area contributed by atoms with Crippen molar-refractivity contribution in [3.63, 3.8) is 0 Å². The molecule has 1 aromatic heterocycles. The summed E-state index contributed by atoms with van der Waals surface area (Å²) >= 11 is 0.984. The summed E-state index contributed by atoms with van der Waals surface area (Å²) in [6, 6.07) is 24.4. The number of fused-ring (bicyclic) bond motifs is 1.